The van der Waals surface area contributed by atoms with Crippen molar-refractivity contribution in [1.82, 2.24) is 14.5 Å². The predicted octanol–water partition coefficient (Wildman–Crippen LogP) is 1.58. The lowest BCUT2D eigenvalue weighted by molar-refractivity contribution is -0.141. The first kappa shape index (κ1) is 17.6. The SMILES string of the molecule is CCN(CCCNc1ccc(C(F)(F)F)nn1)S(C)(=O)=O. The van der Waals surface area contributed by atoms with Crippen molar-refractivity contribution in [3.05, 3.63) is 17.8 Å². The van der Waals surface area contributed by atoms with E-state index in [1.165, 1.54) is 10.4 Å². The van der Waals surface area contributed by atoms with Crippen LogP contribution in [0, 0.1) is 0 Å². The first-order valence-corrected chi connectivity index (χ1v) is 8.09. The van der Waals surface area contributed by atoms with E-state index in [-0.39, 0.29) is 5.82 Å². The van der Waals surface area contributed by atoms with Gasteiger partial charge in [0.25, 0.3) is 0 Å². The van der Waals surface area contributed by atoms with Crippen molar-refractivity contribution in [2.24, 2.45) is 0 Å². The fraction of sp³-hybridized carbons (Fsp3) is 0.636. The van der Waals surface area contributed by atoms with Gasteiger partial charge in [0.1, 0.15) is 5.82 Å². The molecule has 0 amide bonds. The Kier molecular flexibility index (Phi) is 5.90. The van der Waals surface area contributed by atoms with Crippen molar-refractivity contribution in [3.8, 4) is 0 Å². The van der Waals surface area contributed by atoms with Gasteiger partial charge in [0, 0.05) is 19.6 Å². The van der Waals surface area contributed by atoms with Gasteiger partial charge in [-0.25, -0.2) is 12.7 Å². The van der Waals surface area contributed by atoms with Crippen LogP contribution in [0.2, 0.25) is 0 Å². The average molecular weight is 326 g/mol. The van der Waals surface area contributed by atoms with Crippen LogP contribution in [0.4, 0.5) is 19.0 Å². The van der Waals surface area contributed by atoms with Crippen LogP contribution in [-0.2, 0) is 16.2 Å². The first-order chi connectivity index (χ1) is 9.64. The van der Waals surface area contributed by atoms with Crippen LogP contribution < -0.4 is 5.32 Å². The number of rotatable bonds is 7. The van der Waals surface area contributed by atoms with E-state index < -0.39 is 21.9 Å². The van der Waals surface area contributed by atoms with Crippen LogP contribution in [0.1, 0.15) is 19.0 Å². The molecule has 10 heteroatoms. The molecule has 21 heavy (non-hydrogen) atoms. The first-order valence-electron chi connectivity index (χ1n) is 6.24. The van der Waals surface area contributed by atoms with Gasteiger partial charge < -0.3 is 5.32 Å². The predicted molar refractivity (Wildman–Crippen MR) is 72.2 cm³/mol. The molecule has 0 aliphatic heterocycles. The molecule has 0 atom stereocenters. The Bertz CT molecular complexity index is 546. The van der Waals surface area contributed by atoms with Gasteiger partial charge in [0.2, 0.25) is 10.0 Å². The van der Waals surface area contributed by atoms with Crippen LogP contribution in [0.25, 0.3) is 0 Å². The lowest BCUT2D eigenvalue weighted by Crippen LogP contribution is -2.31. The van der Waals surface area contributed by atoms with E-state index in [9.17, 15) is 21.6 Å². The number of sulfonamides is 1. The summed E-state index contributed by atoms with van der Waals surface area (Å²) < 4.78 is 60.8. The molecule has 0 radical (unpaired) electrons. The highest BCUT2D eigenvalue weighted by Gasteiger charge is 2.32. The van der Waals surface area contributed by atoms with E-state index in [1.54, 1.807) is 6.92 Å². The monoisotopic (exact) mass is 326 g/mol. The summed E-state index contributed by atoms with van der Waals surface area (Å²) in [5.41, 5.74) is -1.05. The van der Waals surface area contributed by atoms with Crippen molar-refractivity contribution in [1.29, 1.82) is 0 Å². The summed E-state index contributed by atoms with van der Waals surface area (Å²) in [6.07, 6.45) is -2.88. The Labute approximate surface area is 121 Å². The van der Waals surface area contributed by atoms with Gasteiger partial charge in [-0.3, -0.25) is 0 Å². The van der Waals surface area contributed by atoms with E-state index in [2.05, 4.69) is 15.5 Å². The Balaban J connectivity index is 2.43. The zero-order chi connectivity index (χ0) is 16.1. The topological polar surface area (TPSA) is 75.2 Å². The zero-order valence-corrected chi connectivity index (χ0v) is 12.5. The molecule has 0 saturated heterocycles. The lowest BCUT2D eigenvalue weighted by atomic mass is 10.3. The second-order valence-electron chi connectivity index (χ2n) is 4.34. The number of hydrogen-bond donors (Lipinski definition) is 1. The van der Waals surface area contributed by atoms with E-state index in [0.717, 1.165) is 12.3 Å². The molecule has 0 bridgehead atoms. The van der Waals surface area contributed by atoms with Gasteiger partial charge in [0.05, 0.1) is 6.26 Å². The summed E-state index contributed by atoms with van der Waals surface area (Å²) >= 11 is 0. The summed E-state index contributed by atoms with van der Waals surface area (Å²) in [5.74, 6) is 0.213. The van der Waals surface area contributed by atoms with Crippen molar-refractivity contribution < 1.29 is 21.6 Å². The minimum Gasteiger partial charge on any atom is -0.369 e. The normalized spacial score (nSPS) is 12.7. The number of hydrogen-bond acceptors (Lipinski definition) is 5. The molecule has 1 rings (SSSR count). The maximum atomic E-state index is 12.3. The van der Waals surface area contributed by atoms with Gasteiger partial charge in [-0.15, -0.1) is 10.2 Å². The highest BCUT2D eigenvalue weighted by molar-refractivity contribution is 7.88. The molecule has 0 aliphatic carbocycles. The second-order valence-corrected chi connectivity index (χ2v) is 6.32. The van der Waals surface area contributed by atoms with E-state index in [4.69, 9.17) is 0 Å². The zero-order valence-electron chi connectivity index (χ0n) is 11.7. The van der Waals surface area contributed by atoms with Crippen molar-refractivity contribution in [3.63, 3.8) is 0 Å². The molecule has 120 valence electrons. The average Bonchev–Trinajstić information content (AvgIpc) is 2.36. The van der Waals surface area contributed by atoms with E-state index in [1.807, 2.05) is 0 Å². The number of nitrogens with one attached hydrogen (secondary N) is 1. The largest absolute Gasteiger partial charge is 0.435 e. The number of aromatic nitrogens is 2. The summed E-state index contributed by atoms with van der Waals surface area (Å²) in [6, 6.07) is 2.02. The number of halogens is 3. The minimum absolute atomic E-state index is 0.213. The molecule has 0 saturated carbocycles. The van der Waals surface area contributed by atoms with Gasteiger partial charge >= 0.3 is 6.18 Å². The van der Waals surface area contributed by atoms with E-state index in [0.29, 0.717) is 26.1 Å². The van der Waals surface area contributed by atoms with Gasteiger partial charge in [0.15, 0.2) is 5.69 Å². The maximum absolute atomic E-state index is 12.3. The highest BCUT2D eigenvalue weighted by atomic mass is 32.2. The van der Waals surface area contributed by atoms with Crippen molar-refractivity contribution in [2.75, 3.05) is 31.2 Å². The Morgan fingerprint density at radius 1 is 1.29 bits per heavy atom. The summed E-state index contributed by atoms with van der Waals surface area (Å²) in [4.78, 5) is 0. The van der Waals surface area contributed by atoms with Crippen LogP contribution >= 0.6 is 0 Å². The number of anilines is 1. The smallest absolute Gasteiger partial charge is 0.369 e. The molecular weight excluding hydrogens is 309 g/mol. The summed E-state index contributed by atoms with van der Waals surface area (Å²) in [7, 11) is -3.23. The molecule has 0 aromatic carbocycles. The summed E-state index contributed by atoms with van der Waals surface area (Å²) in [5, 5.41) is 9.28. The summed E-state index contributed by atoms with van der Waals surface area (Å²) in [6.45, 7) is 2.82. The van der Waals surface area contributed by atoms with Gasteiger partial charge in [-0.05, 0) is 18.6 Å². The van der Waals surface area contributed by atoms with Crippen LogP contribution in [0.5, 0.6) is 0 Å². The molecule has 6 nitrogen and oxygen atoms in total. The fourth-order valence-corrected chi connectivity index (χ4v) is 2.54. The highest BCUT2D eigenvalue weighted by Crippen LogP contribution is 2.26. The molecule has 0 fully saturated rings. The third kappa shape index (κ3) is 5.84. The number of nitrogens with zero attached hydrogens (tertiary/aromatic N) is 3. The molecule has 1 aromatic rings. The molecule has 0 unspecified atom stereocenters. The quantitative estimate of drug-likeness (QED) is 0.770. The van der Waals surface area contributed by atoms with E-state index >= 15 is 0 Å². The van der Waals surface area contributed by atoms with Crippen LogP contribution in [0.3, 0.4) is 0 Å². The maximum Gasteiger partial charge on any atom is 0.435 e. The Morgan fingerprint density at radius 2 is 1.95 bits per heavy atom. The van der Waals surface area contributed by atoms with Gasteiger partial charge in [-0.2, -0.15) is 13.2 Å². The lowest BCUT2D eigenvalue weighted by Gasteiger charge is -2.17. The van der Waals surface area contributed by atoms with Gasteiger partial charge in [-0.1, -0.05) is 6.92 Å². The number of alkyl halides is 3. The third-order valence-corrected chi connectivity index (χ3v) is 4.05. The van der Waals surface area contributed by atoms with Crippen molar-refractivity contribution in [2.45, 2.75) is 19.5 Å². The fourth-order valence-electron chi connectivity index (χ4n) is 1.61. The second kappa shape index (κ2) is 7.03. The molecule has 0 aliphatic rings. The molecular formula is C11H17F3N4O2S. The molecule has 1 N–H and O–H groups in total. The minimum atomic E-state index is -4.51. The molecule has 0 spiro atoms. The third-order valence-electron chi connectivity index (χ3n) is 2.67. The van der Waals surface area contributed by atoms with Crippen LogP contribution in [0.15, 0.2) is 12.1 Å². The molecule has 1 heterocycles. The standard InChI is InChI=1S/C11H17F3N4O2S/c1-3-18(21(2,19)20)8-4-7-15-10-6-5-9(16-17-10)11(12,13)14/h5-6H,3-4,7-8H2,1-2H3,(H,15,17). The van der Waals surface area contributed by atoms with Crippen molar-refractivity contribution >= 4 is 15.8 Å². The Hall–Kier alpha value is -1.42. The van der Waals surface area contributed by atoms with Crippen LogP contribution in [-0.4, -0.2) is 48.8 Å². The Morgan fingerprint density at radius 3 is 2.38 bits per heavy atom. The molecule has 1 aromatic heterocycles.